The van der Waals surface area contributed by atoms with Gasteiger partial charge in [-0.25, -0.2) is 9.78 Å². The van der Waals surface area contributed by atoms with Crippen molar-refractivity contribution in [1.82, 2.24) is 30.2 Å². The van der Waals surface area contributed by atoms with E-state index in [0.29, 0.717) is 5.82 Å². The molecular formula is C19H18N6O4S. The van der Waals surface area contributed by atoms with Crippen LogP contribution < -0.4 is 16.6 Å². The summed E-state index contributed by atoms with van der Waals surface area (Å²) >= 11 is 1.39. The summed E-state index contributed by atoms with van der Waals surface area (Å²) in [6.45, 7) is 0.0279. The molecule has 2 amide bonds. The number of carbonyl (C=O) groups is 2. The first kappa shape index (κ1) is 19.6. The summed E-state index contributed by atoms with van der Waals surface area (Å²) in [6, 6.07) is 11.2. The Kier molecular flexibility index (Phi) is 5.44. The predicted octanol–water partition coefficient (Wildman–Crippen LogP) is 1.23. The number of aryl methyl sites for hydroxylation is 2. The van der Waals surface area contributed by atoms with Gasteiger partial charge >= 0.3 is 5.76 Å². The topological polar surface area (TPSA) is 124 Å². The van der Waals surface area contributed by atoms with Crippen LogP contribution in [0, 0.1) is 0 Å². The average Bonchev–Trinajstić information content (AvgIpc) is 3.46. The maximum Gasteiger partial charge on any atom is 0.437 e. The number of hydrogen-bond donors (Lipinski definition) is 2. The number of fused-ring (bicyclic) bond motifs is 1. The highest BCUT2D eigenvalue weighted by Gasteiger charge is 2.14. The maximum atomic E-state index is 12.1. The van der Waals surface area contributed by atoms with Crippen molar-refractivity contribution in [2.75, 3.05) is 0 Å². The van der Waals surface area contributed by atoms with Gasteiger partial charge in [-0.05, 0) is 23.6 Å². The third kappa shape index (κ3) is 4.15. The molecule has 0 atom stereocenters. The van der Waals surface area contributed by atoms with Gasteiger partial charge in [0, 0.05) is 13.5 Å². The van der Waals surface area contributed by atoms with Gasteiger partial charge in [-0.15, -0.1) is 16.4 Å². The van der Waals surface area contributed by atoms with Crippen molar-refractivity contribution in [3.8, 4) is 10.8 Å². The molecule has 0 saturated heterocycles. The fourth-order valence-corrected chi connectivity index (χ4v) is 3.54. The Balaban J connectivity index is 1.28. The second-order valence-corrected chi connectivity index (χ2v) is 7.42. The molecule has 0 aliphatic heterocycles. The molecule has 0 aliphatic rings. The zero-order valence-electron chi connectivity index (χ0n) is 16.0. The number of aromatic nitrogens is 4. The maximum absolute atomic E-state index is 12.1. The molecule has 0 aliphatic carbocycles. The molecule has 0 fully saturated rings. The second kappa shape index (κ2) is 8.33. The molecule has 0 bridgehead atoms. The molecule has 3 aromatic heterocycles. The minimum Gasteiger partial charge on any atom is -0.387 e. The molecule has 0 unspecified atom stereocenters. The third-order valence-corrected chi connectivity index (χ3v) is 5.29. The third-order valence-electron chi connectivity index (χ3n) is 4.43. The summed E-state index contributed by atoms with van der Waals surface area (Å²) in [5.41, 5.74) is 6.41. The van der Waals surface area contributed by atoms with Gasteiger partial charge in [0.25, 0.3) is 5.89 Å². The molecular weight excluding hydrogens is 408 g/mol. The number of imidazole rings is 1. The fourth-order valence-electron chi connectivity index (χ4n) is 2.90. The van der Waals surface area contributed by atoms with Crippen molar-refractivity contribution >= 4 is 34.2 Å². The standard InChI is InChI=1S/C19H18N6O4S/c1-24-13-6-3-2-5-12(13)20-15(24)11-17(27)22-21-16(26)8-9-25-19(28)29-18(23-25)14-7-4-10-30-14/h2-7,10H,8-9,11H2,1H3,(H,21,26)(H,22,27). The van der Waals surface area contributed by atoms with E-state index in [2.05, 4.69) is 20.9 Å². The Morgan fingerprint density at radius 2 is 1.93 bits per heavy atom. The normalized spacial score (nSPS) is 11.0. The predicted molar refractivity (Wildman–Crippen MR) is 109 cm³/mol. The molecule has 2 N–H and O–H groups in total. The molecule has 0 saturated carbocycles. The van der Waals surface area contributed by atoms with Gasteiger partial charge in [0.2, 0.25) is 11.8 Å². The van der Waals surface area contributed by atoms with Gasteiger partial charge in [-0.2, -0.15) is 4.68 Å². The van der Waals surface area contributed by atoms with Gasteiger partial charge < -0.3 is 8.98 Å². The lowest BCUT2D eigenvalue weighted by atomic mass is 10.3. The molecule has 3 heterocycles. The molecule has 30 heavy (non-hydrogen) atoms. The van der Waals surface area contributed by atoms with Crippen LogP contribution in [0.25, 0.3) is 21.8 Å². The zero-order chi connectivity index (χ0) is 21.1. The monoisotopic (exact) mass is 426 g/mol. The number of carbonyl (C=O) groups excluding carboxylic acids is 2. The van der Waals surface area contributed by atoms with E-state index in [0.717, 1.165) is 20.6 Å². The van der Waals surface area contributed by atoms with Crippen molar-refractivity contribution < 1.29 is 14.0 Å². The lowest BCUT2D eigenvalue weighted by Gasteiger charge is -2.07. The van der Waals surface area contributed by atoms with Gasteiger partial charge in [0.15, 0.2) is 0 Å². The zero-order valence-corrected chi connectivity index (χ0v) is 16.8. The molecule has 0 spiro atoms. The Hall–Kier alpha value is -3.73. The molecule has 10 nitrogen and oxygen atoms in total. The lowest BCUT2D eigenvalue weighted by molar-refractivity contribution is -0.128. The number of rotatable bonds is 6. The quantitative estimate of drug-likeness (QED) is 0.447. The molecule has 4 rings (SSSR count). The number of nitrogens with one attached hydrogen (secondary N) is 2. The van der Waals surface area contributed by atoms with Crippen LogP contribution in [0.2, 0.25) is 0 Å². The van der Waals surface area contributed by atoms with Crippen molar-refractivity contribution in [2.24, 2.45) is 7.05 Å². The van der Waals surface area contributed by atoms with Crippen molar-refractivity contribution in [3.63, 3.8) is 0 Å². The van der Waals surface area contributed by atoms with Crippen molar-refractivity contribution in [3.05, 3.63) is 58.2 Å². The van der Waals surface area contributed by atoms with Gasteiger partial charge in [0.05, 0.1) is 28.9 Å². The highest BCUT2D eigenvalue weighted by Crippen LogP contribution is 2.21. The summed E-state index contributed by atoms with van der Waals surface area (Å²) < 4.78 is 8.00. The van der Waals surface area contributed by atoms with Gasteiger partial charge in [0.1, 0.15) is 5.82 Å². The summed E-state index contributed by atoms with van der Waals surface area (Å²) in [6.07, 6.45) is -0.0404. The number of thiophene rings is 1. The minimum atomic E-state index is -0.642. The number of benzene rings is 1. The summed E-state index contributed by atoms with van der Waals surface area (Å²) in [7, 11) is 1.83. The Morgan fingerprint density at radius 3 is 2.70 bits per heavy atom. The Bertz CT molecular complexity index is 1250. The fraction of sp³-hybridized carbons (Fsp3) is 0.211. The summed E-state index contributed by atoms with van der Waals surface area (Å²) in [4.78, 5) is 41.2. The van der Waals surface area contributed by atoms with Gasteiger partial charge in [-0.3, -0.25) is 20.4 Å². The highest BCUT2D eigenvalue weighted by atomic mass is 32.1. The van der Waals surface area contributed by atoms with E-state index in [1.54, 1.807) is 6.07 Å². The first-order valence-corrected chi connectivity index (χ1v) is 9.99. The number of para-hydroxylation sites is 2. The number of amides is 2. The molecule has 4 aromatic rings. The van der Waals surface area contributed by atoms with E-state index in [1.165, 1.54) is 11.3 Å². The van der Waals surface area contributed by atoms with Crippen molar-refractivity contribution in [2.45, 2.75) is 19.4 Å². The van der Waals surface area contributed by atoms with Crippen LogP contribution in [0.5, 0.6) is 0 Å². The Morgan fingerprint density at radius 1 is 1.13 bits per heavy atom. The van der Waals surface area contributed by atoms with Crippen LogP contribution in [0.1, 0.15) is 12.2 Å². The first-order valence-electron chi connectivity index (χ1n) is 9.11. The Labute approximate surface area is 174 Å². The lowest BCUT2D eigenvalue weighted by Crippen LogP contribution is -2.43. The van der Waals surface area contributed by atoms with E-state index in [1.807, 2.05) is 47.3 Å². The first-order chi connectivity index (χ1) is 14.5. The van der Waals surface area contributed by atoms with E-state index in [4.69, 9.17) is 4.42 Å². The largest absolute Gasteiger partial charge is 0.437 e. The van der Waals surface area contributed by atoms with Crippen LogP contribution in [0.3, 0.4) is 0 Å². The number of nitrogens with zero attached hydrogens (tertiary/aromatic N) is 4. The summed E-state index contributed by atoms with van der Waals surface area (Å²) in [5, 5.41) is 5.92. The molecule has 0 radical (unpaired) electrons. The second-order valence-electron chi connectivity index (χ2n) is 6.47. The van der Waals surface area contributed by atoms with Crippen LogP contribution >= 0.6 is 11.3 Å². The summed E-state index contributed by atoms with van der Waals surface area (Å²) in [5.74, 6) is -0.706. The average molecular weight is 426 g/mol. The number of hydrazine groups is 1. The SMILES string of the molecule is Cn1c(CC(=O)NNC(=O)CCn2nc(-c3cccs3)oc2=O)nc2ccccc21. The smallest absolute Gasteiger partial charge is 0.387 e. The van der Waals surface area contributed by atoms with Crippen LogP contribution in [-0.4, -0.2) is 31.1 Å². The van der Waals surface area contributed by atoms with E-state index in [9.17, 15) is 14.4 Å². The van der Waals surface area contributed by atoms with E-state index in [-0.39, 0.29) is 25.3 Å². The van der Waals surface area contributed by atoms with Crippen molar-refractivity contribution in [1.29, 1.82) is 0 Å². The van der Waals surface area contributed by atoms with E-state index < -0.39 is 17.6 Å². The van der Waals surface area contributed by atoms with Gasteiger partial charge in [-0.1, -0.05) is 18.2 Å². The molecule has 11 heteroatoms. The number of hydrogen-bond acceptors (Lipinski definition) is 7. The van der Waals surface area contributed by atoms with E-state index >= 15 is 0 Å². The molecule has 154 valence electrons. The van der Waals surface area contributed by atoms with Crippen LogP contribution in [-0.2, 0) is 29.6 Å². The molecule has 1 aromatic carbocycles. The minimum absolute atomic E-state index is 0.0123. The van der Waals surface area contributed by atoms with Crippen LogP contribution in [0.4, 0.5) is 0 Å². The van der Waals surface area contributed by atoms with Crippen LogP contribution in [0.15, 0.2) is 51.0 Å². The highest BCUT2D eigenvalue weighted by molar-refractivity contribution is 7.13.